The van der Waals surface area contributed by atoms with Gasteiger partial charge in [0.1, 0.15) is 6.33 Å². The van der Waals surface area contributed by atoms with Crippen LogP contribution >= 0.6 is 0 Å². The molecule has 2 aromatic carbocycles. The summed E-state index contributed by atoms with van der Waals surface area (Å²) in [7, 11) is 3.16. The van der Waals surface area contributed by atoms with Crippen molar-refractivity contribution < 1.29 is 48.9 Å². The first-order valence-corrected chi connectivity index (χ1v) is 9.26. The van der Waals surface area contributed by atoms with E-state index in [0.29, 0.717) is 28.8 Å². The van der Waals surface area contributed by atoms with E-state index in [1.165, 1.54) is 12.4 Å². The molecule has 4 rings (SSSR count). The first kappa shape index (κ1) is 23.3. The maximum absolute atomic E-state index is 10.6. The minimum Gasteiger partial charge on any atom is -0.545 e. The van der Waals surface area contributed by atoms with Crippen molar-refractivity contribution in [3.63, 3.8) is 0 Å². The van der Waals surface area contributed by atoms with Crippen molar-refractivity contribution in [1.29, 1.82) is 0 Å². The number of methoxy groups -OCH3 is 2. The van der Waals surface area contributed by atoms with E-state index in [1.54, 1.807) is 30.9 Å². The van der Waals surface area contributed by atoms with E-state index in [2.05, 4.69) is 15.4 Å². The molecule has 2 aromatic heterocycles. The predicted molar refractivity (Wildman–Crippen MR) is 113 cm³/mol. The average Bonchev–Trinajstić information content (AvgIpc) is 3.27. The second-order valence-electron chi connectivity index (χ2n) is 6.46. The molecule has 0 unspecified atom stereocenters. The molecular formula is C22H18N5NaO4. The van der Waals surface area contributed by atoms with Crippen LogP contribution in [0.5, 0.6) is 11.5 Å². The van der Waals surface area contributed by atoms with Gasteiger partial charge in [0.2, 0.25) is 5.95 Å². The summed E-state index contributed by atoms with van der Waals surface area (Å²) in [6, 6.07) is 14.5. The van der Waals surface area contributed by atoms with Gasteiger partial charge in [-0.1, -0.05) is 18.2 Å². The third kappa shape index (κ3) is 5.08. The van der Waals surface area contributed by atoms with Crippen LogP contribution < -0.4 is 49.5 Å². The van der Waals surface area contributed by atoms with Crippen LogP contribution in [0.1, 0.15) is 5.56 Å². The number of carboxylic acids is 1. The summed E-state index contributed by atoms with van der Waals surface area (Å²) in [5.74, 6) is 0.448. The van der Waals surface area contributed by atoms with Crippen molar-refractivity contribution in [2.45, 2.75) is 0 Å². The van der Waals surface area contributed by atoms with Crippen molar-refractivity contribution in [2.24, 2.45) is 0 Å². The van der Waals surface area contributed by atoms with Crippen LogP contribution in [0.25, 0.3) is 23.0 Å². The number of hydrogen-bond donors (Lipinski definition) is 1. The quantitative estimate of drug-likeness (QED) is 0.298. The van der Waals surface area contributed by atoms with Gasteiger partial charge < -0.3 is 24.7 Å². The van der Waals surface area contributed by atoms with Gasteiger partial charge in [-0.3, -0.25) is 0 Å². The number of carboxylic acid groups (broad SMARTS) is 1. The maximum atomic E-state index is 10.6. The Morgan fingerprint density at radius 2 is 1.81 bits per heavy atom. The van der Waals surface area contributed by atoms with Gasteiger partial charge in [-0.15, -0.1) is 0 Å². The molecule has 0 aliphatic rings. The molecule has 0 bridgehead atoms. The zero-order chi connectivity index (χ0) is 21.8. The van der Waals surface area contributed by atoms with Crippen LogP contribution in [0.3, 0.4) is 0 Å². The summed E-state index contributed by atoms with van der Waals surface area (Å²) in [6.07, 6.45) is 3.90. The van der Waals surface area contributed by atoms with E-state index in [1.807, 2.05) is 36.4 Å². The van der Waals surface area contributed by atoms with E-state index in [0.717, 1.165) is 22.9 Å². The fraction of sp³-hybridized carbons (Fsp3) is 0.0909. The number of fused-ring (bicyclic) bond motifs is 1. The molecule has 10 heteroatoms. The SMILES string of the molecule is COc1ccc(-c2cc3ncnn3c(Nc3ccc(/C=C/C(=O)[O-])cc3)n2)cc1OC.[Na+]. The number of hydrogen-bond acceptors (Lipinski definition) is 8. The molecule has 4 aromatic rings. The number of anilines is 2. The molecule has 2 heterocycles. The van der Waals surface area contributed by atoms with Crippen molar-refractivity contribution in [1.82, 2.24) is 19.6 Å². The van der Waals surface area contributed by atoms with Gasteiger partial charge in [-0.2, -0.15) is 9.61 Å². The minimum atomic E-state index is -1.24. The molecule has 0 amide bonds. The van der Waals surface area contributed by atoms with Crippen LogP contribution in [0, 0.1) is 0 Å². The number of aliphatic carboxylic acids is 1. The Morgan fingerprint density at radius 1 is 1.06 bits per heavy atom. The second kappa shape index (κ2) is 10.3. The Morgan fingerprint density at radius 3 is 2.50 bits per heavy atom. The van der Waals surface area contributed by atoms with E-state index >= 15 is 0 Å². The normalized spacial score (nSPS) is 10.7. The molecule has 0 aliphatic carbocycles. The molecule has 0 saturated heterocycles. The van der Waals surface area contributed by atoms with Gasteiger partial charge in [-0.05, 0) is 42.0 Å². The van der Waals surface area contributed by atoms with E-state index < -0.39 is 5.97 Å². The predicted octanol–water partition coefficient (Wildman–Crippen LogP) is -0.681. The summed E-state index contributed by atoms with van der Waals surface area (Å²) < 4.78 is 12.3. The molecule has 0 fully saturated rings. The van der Waals surface area contributed by atoms with Crippen LogP contribution in [0.2, 0.25) is 0 Å². The van der Waals surface area contributed by atoms with Crippen LogP contribution in [-0.4, -0.2) is 39.8 Å². The fourth-order valence-corrected chi connectivity index (χ4v) is 3.02. The van der Waals surface area contributed by atoms with Gasteiger partial charge in [0.05, 0.1) is 25.9 Å². The number of nitrogens with zero attached hydrogens (tertiary/aromatic N) is 4. The molecule has 0 saturated carbocycles. The zero-order valence-corrected chi connectivity index (χ0v) is 19.8. The first-order valence-electron chi connectivity index (χ1n) is 9.26. The van der Waals surface area contributed by atoms with Gasteiger partial charge in [0.25, 0.3) is 0 Å². The smallest absolute Gasteiger partial charge is 0.545 e. The number of rotatable bonds is 7. The Hall–Kier alpha value is -3.40. The summed E-state index contributed by atoms with van der Waals surface area (Å²) in [6.45, 7) is 0. The molecule has 0 atom stereocenters. The van der Waals surface area contributed by atoms with Crippen LogP contribution in [0.4, 0.5) is 11.6 Å². The summed E-state index contributed by atoms with van der Waals surface area (Å²) in [5, 5.41) is 18.0. The molecule has 32 heavy (non-hydrogen) atoms. The Kier molecular flexibility index (Phi) is 7.47. The maximum Gasteiger partial charge on any atom is 1.00 e. The van der Waals surface area contributed by atoms with Crippen LogP contribution in [-0.2, 0) is 4.79 Å². The zero-order valence-electron chi connectivity index (χ0n) is 17.8. The van der Waals surface area contributed by atoms with Crippen molar-refractivity contribution in [3.8, 4) is 22.8 Å². The van der Waals surface area contributed by atoms with E-state index in [-0.39, 0.29) is 29.6 Å². The molecule has 0 aliphatic heterocycles. The number of nitrogens with one attached hydrogen (secondary N) is 1. The minimum absolute atomic E-state index is 0. The molecule has 156 valence electrons. The number of benzene rings is 2. The van der Waals surface area contributed by atoms with Gasteiger partial charge >= 0.3 is 29.6 Å². The largest absolute Gasteiger partial charge is 1.00 e. The molecule has 0 spiro atoms. The van der Waals surface area contributed by atoms with E-state index in [4.69, 9.17) is 14.5 Å². The number of carbonyl (C=O) groups excluding carboxylic acids is 1. The molecule has 9 nitrogen and oxygen atoms in total. The van der Waals surface area contributed by atoms with Crippen molar-refractivity contribution >= 4 is 29.3 Å². The second-order valence-corrected chi connectivity index (χ2v) is 6.46. The van der Waals surface area contributed by atoms with Crippen LogP contribution in [0.15, 0.2) is 60.9 Å². The summed E-state index contributed by atoms with van der Waals surface area (Å²) >= 11 is 0. The Labute approximate surface area is 206 Å². The number of aromatic nitrogens is 4. The monoisotopic (exact) mass is 439 g/mol. The topological polar surface area (TPSA) is 114 Å². The fourth-order valence-electron chi connectivity index (χ4n) is 3.02. The van der Waals surface area contributed by atoms with Crippen molar-refractivity contribution in [2.75, 3.05) is 19.5 Å². The van der Waals surface area contributed by atoms with E-state index in [9.17, 15) is 9.90 Å². The molecular weight excluding hydrogens is 421 g/mol. The third-order valence-electron chi connectivity index (χ3n) is 4.52. The third-order valence-corrected chi connectivity index (χ3v) is 4.52. The standard InChI is InChI=1S/C22H19N5O4.Na/c1-30-18-9-6-15(11-19(18)31-2)17-12-20-23-13-24-27(20)22(26-17)25-16-7-3-14(4-8-16)5-10-21(28)29;/h3-13H,1-2H3,(H,25,26)(H,28,29);/q;+1/p-1/b10-5+;. The summed E-state index contributed by atoms with van der Waals surface area (Å²) in [5.41, 5.74) is 3.61. The number of carbonyl (C=O) groups is 1. The summed E-state index contributed by atoms with van der Waals surface area (Å²) in [4.78, 5) is 19.5. The Bertz CT molecular complexity index is 1270. The average molecular weight is 439 g/mol. The first-order chi connectivity index (χ1) is 15.1. The van der Waals surface area contributed by atoms with Crippen molar-refractivity contribution in [3.05, 3.63) is 66.5 Å². The Balaban J connectivity index is 0.00000289. The van der Waals surface area contributed by atoms with Gasteiger partial charge in [-0.25, -0.2) is 9.97 Å². The van der Waals surface area contributed by atoms with Gasteiger partial charge in [0.15, 0.2) is 17.1 Å². The molecule has 1 N–H and O–H groups in total. The number of ether oxygens (including phenoxy) is 2. The van der Waals surface area contributed by atoms with Gasteiger partial charge in [0, 0.05) is 17.3 Å². The molecule has 0 radical (unpaired) electrons.